The van der Waals surface area contributed by atoms with Crippen molar-refractivity contribution in [3.05, 3.63) is 12.2 Å². The second-order valence-electron chi connectivity index (χ2n) is 10.9. The average molecular weight is 431 g/mol. The highest BCUT2D eigenvalue weighted by Crippen LogP contribution is 2.39. The predicted molar refractivity (Wildman–Crippen MR) is 129 cm³/mol. The van der Waals surface area contributed by atoms with E-state index in [2.05, 4.69) is 85.1 Å². The zero-order valence-electron chi connectivity index (χ0n) is 20.3. The molecule has 0 aliphatic heterocycles. The highest BCUT2D eigenvalue weighted by molar-refractivity contribution is 6.74. The summed E-state index contributed by atoms with van der Waals surface area (Å²) in [4.78, 5) is 0. The molecule has 0 aromatic rings. The second-order valence-corrected chi connectivity index (χ2v) is 20.4. The minimum atomic E-state index is -2.00. The van der Waals surface area contributed by atoms with Crippen LogP contribution in [0.3, 0.4) is 0 Å². The summed E-state index contributed by atoms with van der Waals surface area (Å²) >= 11 is 0. The molecule has 0 aliphatic carbocycles. The fraction of sp³-hybridized carbons (Fsp3) is 0.900. The van der Waals surface area contributed by atoms with Crippen LogP contribution in [-0.2, 0) is 8.85 Å². The predicted octanol–water partition coefficient (Wildman–Crippen LogP) is 4.37. The van der Waals surface area contributed by atoms with Crippen molar-refractivity contribution in [2.24, 2.45) is 5.73 Å². The molecule has 4 N–H and O–H groups in total. The van der Waals surface area contributed by atoms with Crippen LogP contribution in [0, 0.1) is 0 Å². The van der Waals surface area contributed by atoms with Crippen LogP contribution >= 0.6 is 0 Å². The fourth-order valence-electron chi connectivity index (χ4n) is 2.16. The minimum absolute atomic E-state index is 0.0998. The van der Waals surface area contributed by atoms with E-state index in [1.165, 1.54) is 0 Å². The van der Waals surface area contributed by atoms with E-state index in [0.29, 0.717) is 13.2 Å². The minimum Gasteiger partial charge on any atom is -0.437 e. The molecule has 0 heterocycles. The summed E-state index contributed by atoms with van der Waals surface area (Å²) in [6.45, 7) is 25.3. The molecule has 0 unspecified atom stereocenters. The number of hydrogen-bond acceptors (Lipinski definition) is 5. The van der Waals surface area contributed by atoms with Gasteiger partial charge in [-0.25, -0.2) is 0 Å². The first-order valence-corrected chi connectivity index (χ1v) is 16.4. The molecule has 0 saturated carbocycles. The summed E-state index contributed by atoms with van der Waals surface area (Å²) < 4.78 is 13.2. The average Bonchev–Trinajstić information content (AvgIpc) is 2.48. The number of hydrogen-bond donors (Lipinski definition) is 3. The van der Waals surface area contributed by atoms with Crippen molar-refractivity contribution < 1.29 is 13.9 Å². The van der Waals surface area contributed by atoms with Gasteiger partial charge < -0.3 is 24.8 Å². The Balaban J connectivity index is 5.66. The van der Waals surface area contributed by atoms with Gasteiger partial charge >= 0.3 is 7.05 Å². The summed E-state index contributed by atoms with van der Waals surface area (Å²) in [6.07, 6.45) is 4.82. The lowest BCUT2D eigenvalue weighted by Crippen LogP contribution is -2.56. The first-order valence-electron chi connectivity index (χ1n) is 10.6. The van der Waals surface area contributed by atoms with Crippen molar-refractivity contribution in [3.8, 4) is 0 Å². The molecule has 0 aromatic heterocycles. The Hall–Kier alpha value is 0.0387. The zero-order chi connectivity index (χ0) is 22.4. The maximum absolute atomic E-state index is 10.0. The number of rotatable bonds is 11. The van der Waals surface area contributed by atoms with Crippen LogP contribution in [0.2, 0.25) is 43.1 Å². The lowest BCUT2D eigenvalue weighted by Gasteiger charge is -2.42. The van der Waals surface area contributed by atoms with Gasteiger partial charge in [0.15, 0.2) is 16.6 Å². The van der Waals surface area contributed by atoms with Crippen LogP contribution in [0.1, 0.15) is 48.0 Å². The summed E-state index contributed by atoms with van der Waals surface area (Å²) in [5, 5.41) is 13.6. The van der Waals surface area contributed by atoms with Crippen molar-refractivity contribution in [1.29, 1.82) is 0 Å². The van der Waals surface area contributed by atoms with Gasteiger partial charge in [-0.05, 0) is 56.1 Å². The van der Waals surface area contributed by atoms with Crippen LogP contribution in [0.5, 0.6) is 0 Å². The van der Waals surface area contributed by atoms with Gasteiger partial charge in [-0.15, -0.1) is 0 Å². The molecule has 0 rings (SSSR count). The number of nitrogens with one attached hydrogen (secondary N) is 1. The third kappa shape index (κ3) is 9.24. The van der Waals surface area contributed by atoms with E-state index in [1.54, 1.807) is 6.82 Å². The highest BCUT2D eigenvalue weighted by atomic mass is 28.4. The Morgan fingerprint density at radius 1 is 1.04 bits per heavy atom. The molecule has 28 heavy (non-hydrogen) atoms. The van der Waals surface area contributed by atoms with Crippen LogP contribution in [0.15, 0.2) is 12.2 Å². The Kier molecular flexibility index (Phi) is 10.9. The van der Waals surface area contributed by atoms with E-state index in [-0.39, 0.29) is 22.2 Å². The normalized spacial score (nSPS) is 16.5. The van der Waals surface area contributed by atoms with E-state index in [0.717, 1.165) is 6.42 Å². The maximum atomic E-state index is 10.0. The first-order chi connectivity index (χ1) is 12.4. The molecule has 166 valence electrons. The molecule has 0 bridgehead atoms. The van der Waals surface area contributed by atoms with E-state index >= 15 is 0 Å². The summed E-state index contributed by atoms with van der Waals surface area (Å²) in [7, 11) is -4.55. The Labute approximate surface area is 177 Å². The molecule has 0 saturated heterocycles. The molecule has 0 fully saturated rings. The molecular weight excluding hydrogens is 383 g/mol. The molecule has 0 aromatic carbocycles. The molecule has 2 atom stereocenters. The summed E-state index contributed by atoms with van der Waals surface area (Å²) in [5.41, 5.74) is 5.67. The van der Waals surface area contributed by atoms with Gasteiger partial charge in [0.1, 0.15) is 0 Å². The lowest BCUT2D eigenvalue weighted by molar-refractivity contribution is 0.141. The van der Waals surface area contributed by atoms with Crippen molar-refractivity contribution >= 4 is 23.7 Å². The molecule has 0 amide bonds. The SMILES string of the molecule is CB(O)N[C@H](CO[Si](C)(C)C(C)(C)C)[C@@H](/C=C/CCN)O[Si](C)(C)C(C)(C)C. The van der Waals surface area contributed by atoms with Crippen LogP contribution in [-0.4, -0.2) is 54.0 Å². The molecular formula is C20H47BN2O3Si2. The van der Waals surface area contributed by atoms with Gasteiger partial charge in [0, 0.05) is 0 Å². The van der Waals surface area contributed by atoms with Gasteiger partial charge in [0.25, 0.3) is 0 Å². The largest absolute Gasteiger partial charge is 0.437 e. The summed E-state index contributed by atoms with van der Waals surface area (Å²) in [5.74, 6) is 0. The highest BCUT2D eigenvalue weighted by Gasteiger charge is 2.42. The smallest absolute Gasteiger partial charge is 0.373 e. The summed E-state index contributed by atoms with van der Waals surface area (Å²) in [6, 6.07) is -0.128. The van der Waals surface area contributed by atoms with Gasteiger partial charge in [0.05, 0.1) is 18.8 Å². The fourth-order valence-corrected chi connectivity index (χ4v) is 4.47. The maximum Gasteiger partial charge on any atom is 0.373 e. The van der Waals surface area contributed by atoms with Gasteiger partial charge in [-0.3, -0.25) is 0 Å². The van der Waals surface area contributed by atoms with E-state index in [9.17, 15) is 5.02 Å². The third-order valence-electron chi connectivity index (χ3n) is 6.18. The topological polar surface area (TPSA) is 76.7 Å². The van der Waals surface area contributed by atoms with E-state index in [1.807, 2.05) is 0 Å². The zero-order valence-corrected chi connectivity index (χ0v) is 22.3. The van der Waals surface area contributed by atoms with E-state index in [4.69, 9.17) is 14.6 Å². The number of nitrogens with two attached hydrogens (primary N) is 1. The van der Waals surface area contributed by atoms with Crippen LogP contribution in [0.25, 0.3) is 0 Å². The first kappa shape index (κ1) is 28.0. The van der Waals surface area contributed by atoms with Crippen molar-refractivity contribution in [1.82, 2.24) is 5.23 Å². The monoisotopic (exact) mass is 430 g/mol. The lowest BCUT2D eigenvalue weighted by atomic mass is 9.86. The van der Waals surface area contributed by atoms with E-state index < -0.39 is 23.7 Å². The molecule has 0 aliphatic rings. The van der Waals surface area contributed by atoms with Crippen molar-refractivity contribution in [3.63, 3.8) is 0 Å². The van der Waals surface area contributed by atoms with Crippen LogP contribution in [0.4, 0.5) is 0 Å². The molecule has 0 spiro atoms. The van der Waals surface area contributed by atoms with Crippen molar-refractivity contribution in [2.75, 3.05) is 13.2 Å². The third-order valence-corrected chi connectivity index (χ3v) is 15.2. The molecule has 0 radical (unpaired) electrons. The standard InChI is InChI=1S/C20H47BN2O3Si2/c1-19(2,3)27(8,9)25-16-17(23-21(7)24)18(14-12-13-15-22)26-28(10,11)20(4,5)6/h12,14,17-18,23-24H,13,15-16,22H2,1-11H3/b14-12+/t17-,18-/m1/s1. The Morgan fingerprint density at radius 3 is 1.93 bits per heavy atom. The van der Waals surface area contributed by atoms with Gasteiger partial charge in [-0.1, -0.05) is 53.7 Å². The Morgan fingerprint density at radius 2 is 1.54 bits per heavy atom. The molecule has 8 heteroatoms. The quantitative estimate of drug-likeness (QED) is 0.335. The van der Waals surface area contributed by atoms with Crippen LogP contribution < -0.4 is 11.0 Å². The Bertz CT molecular complexity index is 487. The second kappa shape index (κ2) is 10.9. The van der Waals surface area contributed by atoms with Gasteiger partial charge in [-0.2, -0.15) is 0 Å². The van der Waals surface area contributed by atoms with Crippen molar-refractivity contribution in [2.45, 2.75) is 103 Å². The van der Waals surface area contributed by atoms with Gasteiger partial charge in [0.2, 0.25) is 0 Å². The molecule has 5 nitrogen and oxygen atoms in total.